The van der Waals surface area contributed by atoms with Gasteiger partial charge in [0.05, 0.1) is 0 Å². The second-order valence-electron chi connectivity index (χ2n) is 14.1. The Labute approximate surface area is 288 Å². The van der Waals surface area contributed by atoms with Gasteiger partial charge in [-0.2, -0.15) is 0 Å². The monoisotopic (exact) mass is 622 g/mol. The average Bonchev–Trinajstić information content (AvgIpc) is 3.61. The van der Waals surface area contributed by atoms with Crippen LogP contribution in [0, 0.1) is 0 Å². The van der Waals surface area contributed by atoms with Crippen LogP contribution < -0.4 is 0 Å². The zero-order chi connectivity index (χ0) is 32.7. The fourth-order valence-corrected chi connectivity index (χ4v) is 8.50. The molecule has 8 aromatic carbocycles. The van der Waals surface area contributed by atoms with Crippen LogP contribution in [0.2, 0.25) is 0 Å². The predicted molar refractivity (Wildman–Crippen MR) is 208 cm³/mol. The summed E-state index contributed by atoms with van der Waals surface area (Å²) in [4.78, 5) is 0. The minimum atomic E-state index is 0.00760. The summed E-state index contributed by atoms with van der Waals surface area (Å²) in [5.41, 5.74) is 20.9. The van der Waals surface area contributed by atoms with Gasteiger partial charge >= 0.3 is 0 Å². The van der Waals surface area contributed by atoms with E-state index >= 15 is 0 Å². The quantitative estimate of drug-likeness (QED) is 0.183. The molecule has 0 amide bonds. The van der Waals surface area contributed by atoms with Crippen LogP contribution in [0.1, 0.15) is 25.0 Å². The molecule has 0 spiro atoms. The van der Waals surface area contributed by atoms with E-state index in [0.717, 1.165) is 0 Å². The first kappa shape index (κ1) is 28.1. The van der Waals surface area contributed by atoms with Crippen molar-refractivity contribution < 1.29 is 0 Å². The van der Waals surface area contributed by atoms with Gasteiger partial charge < -0.3 is 0 Å². The molecule has 2 aliphatic rings. The van der Waals surface area contributed by atoms with Gasteiger partial charge in [-0.25, -0.2) is 0 Å². The fourth-order valence-electron chi connectivity index (χ4n) is 8.50. The Bertz CT molecular complexity index is 2550. The summed E-state index contributed by atoms with van der Waals surface area (Å²) in [6.07, 6.45) is 0. The largest absolute Gasteiger partial charge is 0.0619 e. The van der Waals surface area contributed by atoms with E-state index in [1.54, 1.807) is 0 Å². The number of hydrogen-bond donors (Lipinski definition) is 0. The van der Waals surface area contributed by atoms with Crippen molar-refractivity contribution in [3.63, 3.8) is 0 Å². The van der Waals surface area contributed by atoms with Crippen molar-refractivity contribution >= 4 is 10.8 Å². The van der Waals surface area contributed by atoms with Crippen molar-refractivity contribution in [2.45, 2.75) is 19.3 Å². The lowest BCUT2D eigenvalue weighted by atomic mass is 9.81. The summed E-state index contributed by atoms with van der Waals surface area (Å²) in [6, 6.07) is 63.0. The number of rotatable bonds is 4. The second-order valence-corrected chi connectivity index (χ2v) is 14.1. The highest BCUT2D eigenvalue weighted by Crippen LogP contribution is 2.50. The minimum Gasteiger partial charge on any atom is -0.0619 e. The zero-order valence-electron chi connectivity index (χ0n) is 27.7. The third kappa shape index (κ3) is 4.24. The lowest BCUT2D eigenvalue weighted by Crippen LogP contribution is -2.14. The van der Waals surface area contributed by atoms with Gasteiger partial charge in [0.15, 0.2) is 0 Å². The molecule has 2 aliphatic carbocycles. The van der Waals surface area contributed by atoms with Crippen molar-refractivity contribution in [1.29, 1.82) is 0 Å². The molecule has 0 aliphatic heterocycles. The molecule has 10 rings (SSSR count). The van der Waals surface area contributed by atoms with Crippen LogP contribution in [-0.2, 0) is 5.41 Å². The Hall–Kier alpha value is -5.98. The molecule has 0 fully saturated rings. The van der Waals surface area contributed by atoms with E-state index in [1.807, 2.05) is 0 Å². The number of hydrogen-bond acceptors (Lipinski definition) is 0. The third-order valence-electron chi connectivity index (χ3n) is 11.1. The van der Waals surface area contributed by atoms with Gasteiger partial charge in [0.2, 0.25) is 0 Å². The topological polar surface area (TPSA) is 0 Å². The summed E-state index contributed by atoms with van der Waals surface area (Å²) in [6.45, 7) is 4.69. The van der Waals surface area contributed by atoms with Crippen LogP contribution in [0.5, 0.6) is 0 Å². The highest BCUT2D eigenvalue weighted by atomic mass is 14.4. The van der Waals surface area contributed by atoms with Crippen LogP contribution >= 0.6 is 0 Å². The van der Waals surface area contributed by atoms with E-state index < -0.39 is 0 Å². The summed E-state index contributed by atoms with van der Waals surface area (Å²) < 4.78 is 0. The third-order valence-corrected chi connectivity index (χ3v) is 11.1. The molecular weight excluding hydrogens is 589 g/mol. The summed E-state index contributed by atoms with van der Waals surface area (Å²) in [5.74, 6) is 0. The van der Waals surface area contributed by atoms with E-state index in [-0.39, 0.29) is 5.41 Å². The Morgan fingerprint density at radius 3 is 1.31 bits per heavy atom. The van der Waals surface area contributed by atoms with Gasteiger partial charge in [-0.15, -0.1) is 0 Å². The summed E-state index contributed by atoms with van der Waals surface area (Å²) in [5, 5.41) is 2.69. The molecule has 0 saturated heterocycles. The molecule has 0 N–H and O–H groups in total. The lowest BCUT2D eigenvalue weighted by Gasteiger charge is -2.22. The molecule has 0 unspecified atom stereocenters. The van der Waals surface area contributed by atoms with E-state index in [9.17, 15) is 0 Å². The maximum absolute atomic E-state index is 2.40. The van der Waals surface area contributed by atoms with Crippen LogP contribution in [0.3, 0.4) is 0 Å². The van der Waals surface area contributed by atoms with Gasteiger partial charge in [0, 0.05) is 5.41 Å². The molecule has 0 nitrogen and oxygen atoms in total. The number of fused-ring (bicyclic) bond motifs is 6. The molecule has 230 valence electrons. The van der Waals surface area contributed by atoms with Crippen molar-refractivity contribution in [1.82, 2.24) is 0 Å². The van der Waals surface area contributed by atoms with Gasteiger partial charge in [-0.05, 0) is 106 Å². The van der Waals surface area contributed by atoms with Gasteiger partial charge in [0.1, 0.15) is 0 Å². The Morgan fingerprint density at radius 2 is 0.694 bits per heavy atom. The second kappa shape index (κ2) is 10.5. The molecule has 0 heterocycles. The predicted octanol–water partition coefficient (Wildman–Crippen LogP) is 13.5. The SMILES string of the molecule is CC1(C)c2ccccc2-c2ccc(-c3ccc(-c4ccc(-c5ccc(-c6ccc7c8c(cccc68)-c6ccccc6-7)cc5)cc4)cc3)cc21. The first-order valence-corrected chi connectivity index (χ1v) is 17.3. The summed E-state index contributed by atoms with van der Waals surface area (Å²) >= 11 is 0. The lowest BCUT2D eigenvalue weighted by molar-refractivity contribution is 0.660. The summed E-state index contributed by atoms with van der Waals surface area (Å²) in [7, 11) is 0. The van der Waals surface area contributed by atoms with Crippen LogP contribution in [-0.4, -0.2) is 0 Å². The highest BCUT2D eigenvalue weighted by Gasteiger charge is 2.35. The minimum absolute atomic E-state index is 0.00760. The highest BCUT2D eigenvalue weighted by molar-refractivity contribution is 6.18. The molecule has 0 radical (unpaired) electrons. The molecule has 0 aromatic heterocycles. The average molecular weight is 623 g/mol. The maximum Gasteiger partial charge on any atom is 0.0159 e. The van der Waals surface area contributed by atoms with Gasteiger partial charge in [-0.3, -0.25) is 0 Å². The molecule has 0 saturated carbocycles. The first-order valence-electron chi connectivity index (χ1n) is 17.3. The number of benzene rings is 8. The van der Waals surface area contributed by atoms with Crippen molar-refractivity contribution in [3.8, 4) is 77.9 Å². The smallest absolute Gasteiger partial charge is 0.0159 e. The normalized spacial score (nSPS) is 13.3. The van der Waals surface area contributed by atoms with Crippen LogP contribution in [0.25, 0.3) is 88.7 Å². The van der Waals surface area contributed by atoms with Crippen LogP contribution in [0.4, 0.5) is 0 Å². The fraction of sp³-hybridized carbons (Fsp3) is 0.0612. The van der Waals surface area contributed by atoms with Crippen molar-refractivity contribution in [3.05, 3.63) is 181 Å². The standard InChI is InChI=1S/C49H34/c1-49(2)46-13-6-5-10-41(46)42-27-26-37(30-47(42)49)35-20-18-33(19-21-35)31-14-16-32(17-15-31)34-22-24-36(25-23-34)38-28-29-45-40-9-4-3-8-39(40)44-12-7-11-43(38)48(44)45/h3-30H,1-2H3. The zero-order valence-corrected chi connectivity index (χ0v) is 27.7. The molecule has 8 aromatic rings. The molecule has 0 bridgehead atoms. The van der Waals surface area contributed by atoms with Gasteiger partial charge in [0.25, 0.3) is 0 Å². The van der Waals surface area contributed by atoms with Crippen LogP contribution in [0.15, 0.2) is 170 Å². The Morgan fingerprint density at radius 1 is 0.286 bits per heavy atom. The van der Waals surface area contributed by atoms with E-state index in [0.29, 0.717) is 0 Å². The van der Waals surface area contributed by atoms with Crippen molar-refractivity contribution in [2.24, 2.45) is 0 Å². The van der Waals surface area contributed by atoms with E-state index in [4.69, 9.17) is 0 Å². The molecular formula is C49H34. The molecule has 0 atom stereocenters. The maximum atomic E-state index is 2.40. The van der Waals surface area contributed by atoms with Crippen molar-refractivity contribution in [2.75, 3.05) is 0 Å². The van der Waals surface area contributed by atoms with E-state index in [1.165, 1.54) is 99.8 Å². The molecule has 0 heteroatoms. The Kier molecular flexibility index (Phi) is 6.02. The van der Waals surface area contributed by atoms with E-state index in [2.05, 4.69) is 184 Å². The Balaban J connectivity index is 0.900. The van der Waals surface area contributed by atoms with Gasteiger partial charge in [-0.1, -0.05) is 178 Å². The first-order chi connectivity index (χ1) is 24.0. The molecule has 49 heavy (non-hydrogen) atoms.